The molecule has 1 saturated carbocycles. The molecule has 0 radical (unpaired) electrons. The van der Waals surface area contributed by atoms with Gasteiger partial charge >= 0.3 is 0 Å². The van der Waals surface area contributed by atoms with Crippen LogP contribution in [-0.4, -0.2) is 37.1 Å². The summed E-state index contributed by atoms with van der Waals surface area (Å²) in [7, 11) is 4.55. The van der Waals surface area contributed by atoms with Crippen LogP contribution in [0.15, 0.2) is 16.8 Å². The Hall–Kier alpha value is -0.380. The summed E-state index contributed by atoms with van der Waals surface area (Å²) in [5.74, 6) is 0. The first-order chi connectivity index (χ1) is 9.69. The Morgan fingerprint density at radius 1 is 1.35 bits per heavy atom. The lowest BCUT2D eigenvalue weighted by Gasteiger charge is -2.44. The Bertz CT molecular complexity index is 366. The predicted molar refractivity (Wildman–Crippen MR) is 89.6 cm³/mol. The summed E-state index contributed by atoms with van der Waals surface area (Å²) >= 11 is 1.82. The molecule has 3 heteroatoms. The summed E-state index contributed by atoms with van der Waals surface area (Å²) in [4.78, 5) is 2.50. The van der Waals surface area contributed by atoms with Crippen molar-refractivity contribution in [2.45, 2.75) is 63.5 Å². The van der Waals surface area contributed by atoms with Crippen molar-refractivity contribution in [2.24, 2.45) is 0 Å². The largest absolute Gasteiger partial charge is 0.312 e. The molecule has 0 spiro atoms. The van der Waals surface area contributed by atoms with Crippen LogP contribution in [0.2, 0.25) is 0 Å². The van der Waals surface area contributed by atoms with E-state index in [2.05, 4.69) is 48.1 Å². The highest BCUT2D eigenvalue weighted by Gasteiger charge is 2.42. The highest BCUT2D eigenvalue weighted by molar-refractivity contribution is 7.07. The van der Waals surface area contributed by atoms with Crippen LogP contribution in [-0.2, 0) is 6.42 Å². The fourth-order valence-electron chi connectivity index (χ4n) is 3.72. The second-order valence-electron chi connectivity index (χ2n) is 6.38. The van der Waals surface area contributed by atoms with Gasteiger partial charge in [0.15, 0.2) is 0 Å². The maximum atomic E-state index is 3.86. The van der Waals surface area contributed by atoms with Crippen LogP contribution in [0.4, 0.5) is 0 Å². The predicted octanol–water partition coefficient (Wildman–Crippen LogP) is 3.92. The number of nitrogens with zero attached hydrogens (tertiary/aromatic N) is 1. The van der Waals surface area contributed by atoms with Crippen LogP contribution < -0.4 is 5.32 Å². The van der Waals surface area contributed by atoms with E-state index in [0.717, 1.165) is 6.54 Å². The molecular formula is C17H30N2S. The number of hydrogen-bond donors (Lipinski definition) is 1. The molecule has 1 N–H and O–H groups in total. The molecule has 0 saturated heterocycles. The molecule has 2 rings (SSSR count). The molecule has 1 fully saturated rings. The fraction of sp³-hybridized carbons (Fsp3) is 0.765. The third-order valence-electron chi connectivity index (χ3n) is 4.95. The maximum absolute atomic E-state index is 3.86. The minimum Gasteiger partial charge on any atom is -0.312 e. The van der Waals surface area contributed by atoms with E-state index in [0.29, 0.717) is 11.6 Å². The second-order valence-corrected chi connectivity index (χ2v) is 7.16. The monoisotopic (exact) mass is 294 g/mol. The molecule has 1 heterocycles. The van der Waals surface area contributed by atoms with Gasteiger partial charge in [0.1, 0.15) is 0 Å². The Kier molecular flexibility index (Phi) is 6.06. The van der Waals surface area contributed by atoms with Gasteiger partial charge in [0.25, 0.3) is 0 Å². The van der Waals surface area contributed by atoms with Crippen LogP contribution in [0.3, 0.4) is 0 Å². The highest BCUT2D eigenvalue weighted by atomic mass is 32.1. The lowest BCUT2D eigenvalue weighted by Crippen LogP contribution is -2.57. The van der Waals surface area contributed by atoms with E-state index < -0.39 is 0 Å². The lowest BCUT2D eigenvalue weighted by molar-refractivity contribution is 0.1000. The summed E-state index contributed by atoms with van der Waals surface area (Å²) in [6.45, 7) is 3.41. The Morgan fingerprint density at radius 2 is 2.10 bits per heavy atom. The summed E-state index contributed by atoms with van der Waals surface area (Å²) in [6, 6.07) is 2.90. The molecule has 1 aromatic heterocycles. The van der Waals surface area contributed by atoms with Gasteiger partial charge in [-0.3, -0.25) is 0 Å². The topological polar surface area (TPSA) is 15.3 Å². The third kappa shape index (κ3) is 3.63. The maximum Gasteiger partial charge on any atom is 0.0356 e. The first-order valence-electron chi connectivity index (χ1n) is 8.11. The molecule has 1 unspecified atom stereocenters. The molecule has 0 bridgehead atoms. The third-order valence-corrected chi connectivity index (χ3v) is 5.68. The van der Waals surface area contributed by atoms with Crippen LogP contribution in [0.1, 0.15) is 51.0 Å². The van der Waals surface area contributed by atoms with Crippen molar-refractivity contribution in [1.82, 2.24) is 10.2 Å². The van der Waals surface area contributed by atoms with Crippen LogP contribution >= 0.6 is 11.3 Å². The van der Waals surface area contributed by atoms with Crippen molar-refractivity contribution in [3.63, 3.8) is 0 Å². The van der Waals surface area contributed by atoms with Gasteiger partial charge in [-0.2, -0.15) is 11.3 Å². The second kappa shape index (κ2) is 7.58. The smallest absolute Gasteiger partial charge is 0.0356 e. The number of nitrogens with one attached hydrogen (secondary N) is 1. The molecular weight excluding hydrogens is 264 g/mol. The summed E-state index contributed by atoms with van der Waals surface area (Å²) in [5, 5.41) is 8.35. The molecule has 1 aromatic rings. The van der Waals surface area contributed by atoms with Crippen molar-refractivity contribution < 1.29 is 0 Å². The zero-order valence-corrected chi connectivity index (χ0v) is 14.1. The van der Waals surface area contributed by atoms with Gasteiger partial charge in [0, 0.05) is 11.6 Å². The van der Waals surface area contributed by atoms with Crippen molar-refractivity contribution in [3.8, 4) is 0 Å². The lowest BCUT2D eigenvalue weighted by atomic mass is 9.83. The van der Waals surface area contributed by atoms with Gasteiger partial charge in [0.2, 0.25) is 0 Å². The minimum absolute atomic E-state index is 0.380. The van der Waals surface area contributed by atoms with Gasteiger partial charge in [-0.1, -0.05) is 19.8 Å². The summed E-state index contributed by atoms with van der Waals surface area (Å²) in [6.07, 6.45) is 9.17. The van der Waals surface area contributed by atoms with Crippen LogP contribution in [0.5, 0.6) is 0 Å². The zero-order chi connectivity index (χ0) is 14.4. The average molecular weight is 295 g/mol. The van der Waals surface area contributed by atoms with Crippen molar-refractivity contribution in [1.29, 1.82) is 0 Å². The number of likely N-dealkylation sites (N-methyl/N-ethyl adjacent to an activating group) is 1. The molecule has 1 aliphatic rings. The molecule has 2 nitrogen and oxygen atoms in total. The normalized spacial score (nSPS) is 19.6. The van der Waals surface area contributed by atoms with Gasteiger partial charge in [-0.15, -0.1) is 0 Å². The van der Waals surface area contributed by atoms with E-state index >= 15 is 0 Å². The molecule has 1 atom stereocenters. The van der Waals surface area contributed by atoms with Crippen LogP contribution in [0.25, 0.3) is 0 Å². The van der Waals surface area contributed by atoms with Gasteiger partial charge < -0.3 is 10.2 Å². The molecule has 0 amide bonds. The van der Waals surface area contributed by atoms with E-state index in [4.69, 9.17) is 0 Å². The average Bonchev–Trinajstić information content (AvgIpc) is 3.10. The SMILES string of the molecule is CCCNC(CCc1ccsc1)C1(N(C)C)CCCC1. The van der Waals surface area contributed by atoms with Crippen molar-refractivity contribution >= 4 is 11.3 Å². The zero-order valence-electron chi connectivity index (χ0n) is 13.3. The highest BCUT2D eigenvalue weighted by Crippen LogP contribution is 2.38. The van der Waals surface area contributed by atoms with Crippen molar-refractivity contribution in [2.75, 3.05) is 20.6 Å². The number of hydrogen-bond acceptors (Lipinski definition) is 3. The van der Waals surface area contributed by atoms with E-state index in [1.807, 2.05) is 11.3 Å². The van der Waals surface area contributed by atoms with Gasteiger partial charge in [0.05, 0.1) is 0 Å². The summed E-state index contributed by atoms with van der Waals surface area (Å²) in [5.41, 5.74) is 1.88. The Labute approximate surface area is 128 Å². The number of aryl methyl sites for hydroxylation is 1. The van der Waals surface area contributed by atoms with E-state index in [9.17, 15) is 0 Å². The molecule has 0 aliphatic heterocycles. The summed E-state index contributed by atoms with van der Waals surface area (Å²) < 4.78 is 0. The molecule has 0 aromatic carbocycles. The van der Waals surface area contributed by atoms with Crippen LogP contribution in [0, 0.1) is 0 Å². The van der Waals surface area contributed by atoms with Crippen molar-refractivity contribution in [3.05, 3.63) is 22.4 Å². The number of thiophene rings is 1. The van der Waals surface area contributed by atoms with E-state index in [1.54, 1.807) is 0 Å². The Balaban J connectivity index is 2.04. The molecule has 1 aliphatic carbocycles. The van der Waals surface area contributed by atoms with Gasteiger partial charge in [-0.25, -0.2) is 0 Å². The first-order valence-corrected chi connectivity index (χ1v) is 9.05. The van der Waals surface area contributed by atoms with E-state index in [1.165, 1.54) is 50.5 Å². The van der Waals surface area contributed by atoms with E-state index in [-0.39, 0.29) is 0 Å². The quantitative estimate of drug-likeness (QED) is 0.781. The Morgan fingerprint density at radius 3 is 2.65 bits per heavy atom. The fourth-order valence-corrected chi connectivity index (χ4v) is 4.42. The minimum atomic E-state index is 0.380. The first kappa shape index (κ1) is 16.0. The molecule has 114 valence electrons. The number of rotatable bonds is 8. The standard InChI is InChI=1S/C17H30N2S/c1-4-12-18-16(8-7-15-9-13-20-14-15)17(19(2)3)10-5-6-11-17/h9,13-14,16,18H,4-8,10-12H2,1-3H3. The van der Waals surface area contributed by atoms with Gasteiger partial charge in [-0.05, 0) is 75.1 Å². The molecule has 20 heavy (non-hydrogen) atoms.